The minimum atomic E-state index is -0.152. The zero-order valence-corrected chi connectivity index (χ0v) is 10.4. The van der Waals surface area contributed by atoms with Crippen LogP contribution < -0.4 is 4.74 Å². The van der Waals surface area contributed by atoms with Crippen molar-refractivity contribution < 1.29 is 14.9 Å². The van der Waals surface area contributed by atoms with Crippen LogP contribution in [0, 0.1) is 5.92 Å². The number of phenols is 1. The first kappa shape index (κ1) is 13.5. The number of hydrogen-bond donors (Lipinski definition) is 2. The minimum Gasteiger partial charge on any atom is -0.504 e. The van der Waals surface area contributed by atoms with Gasteiger partial charge in [-0.25, -0.2) is 0 Å². The van der Waals surface area contributed by atoms with Gasteiger partial charge in [-0.05, 0) is 18.1 Å². The van der Waals surface area contributed by atoms with Crippen molar-refractivity contribution >= 4 is 6.21 Å². The molecule has 17 heavy (non-hydrogen) atoms. The molecule has 0 spiro atoms. The van der Waals surface area contributed by atoms with Crippen molar-refractivity contribution in [2.45, 2.75) is 19.9 Å². The molecule has 4 heteroatoms. The SMILES string of the molecule is COc1cccc(C=N[C@H](CO)C(C)C)c1O. The van der Waals surface area contributed by atoms with Gasteiger partial charge in [0, 0.05) is 11.8 Å². The number of aliphatic hydroxyl groups is 1. The van der Waals surface area contributed by atoms with Gasteiger partial charge in [-0.3, -0.25) is 4.99 Å². The fraction of sp³-hybridized carbons (Fsp3) is 0.462. The Bertz CT molecular complexity index is 388. The quantitative estimate of drug-likeness (QED) is 0.768. The second-order valence-electron chi connectivity index (χ2n) is 4.17. The third kappa shape index (κ3) is 3.46. The summed E-state index contributed by atoms with van der Waals surface area (Å²) in [5.74, 6) is 0.738. The molecule has 94 valence electrons. The Balaban J connectivity index is 2.91. The maximum absolute atomic E-state index is 9.83. The lowest BCUT2D eigenvalue weighted by Crippen LogP contribution is -2.17. The molecular formula is C13H19NO3. The van der Waals surface area contributed by atoms with Crippen LogP contribution in [0.25, 0.3) is 0 Å². The molecule has 0 radical (unpaired) electrons. The van der Waals surface area contributed by atoms with Crippen molar-refractivity contribution in [3.05, 3.63) is 23.8 Å². The fourth-order valence-electron chi connectivity index (χ4n) is 1.41. The molecule has 2 N–H and O–H groups in total. The van der Waals surface area contributed by atoms with Gasteiger partial charge in [0.2, 0.25) is 0 Å². The van der Waals surface area contributed by atoms with Crippen LogP contribution in [0.1, 0.15) is 19.4 Å². The second kappa shape index (κ2) is 6.25. The minimum absolute atomic E-state index is 0.00109. The first-order valence-electron chi connectivity index (χ1n) is 5.60. The average molecular weight is 237 g/mol. The number of hydrogen-bond acceptors (Lipinski definition) is 4. The number of methoxy groups -OCH3 is 1. The van der Waals surface area contributed by atoms with Crippen LogP contribution >= 0.6 is 0 Å². The van der Waals surface area contributed by atoms with Crippen molar-refractivity contribution in [2.75, 3.05) is 13.7 Å². The normalized spacial score (nSPS) is 13.2. The number of para-hydroxylation sites is 1. The molecular weight excluding hydrogens is 218 g/mol. The molecule has 0 aromatic heterocycles. The summed E-state index contributed by atoms with van der Waals surface area (Å²) in [5, 5.41) is 19.0. The zero-order chi connectivity index (χ0) is 12.8. The van der Waals surface area contributed by atoms with E-state index in [1.54, 1.807) is 24.4 Å². The molecule has 0 heterocycles. The Morgan fingerprint density at radius 3 is 2.65 bits per heavy atom. The van der Waals surface area contributed by atoms with Gasteiger partial charge in [0.25, 0.3) is 0 Å². The molecule has 0 aliphatic carbocycles. The first-order valence-corrected chi connectivity index (χ1v) is 5.60. The van der Waals surface area contributed by atoms with Crippen molar-refractivity contribution in [1.29, 1.82) is 0 Å². The smallest absolute Gasteiger partial charge is 0.166 e. The molecule has 0 unspecified atom stereocenters. The highest BCUT2D eigenvalue weighted by Crippen LogP contribution is 2.28. The van der Waals surface area contributed by atoms with E-state index in [4.69, 9.17) is 9.84 Å². The molecule has 4 nitrogen and oxygen atoms in total. The molecule has 0 bridgehead atoms. The number of aliphatic hydroxyl groups excluding tert-OH is 1. The van der Waals surface area contributed by atoms with Crippen molar-refractivity contribution in [3.63, 3.8) is 0 Å². The standard InChI is InChI=1S/C13H19NO3/c1-9(2)11(8-15)14-7-10-5-4-6-12(17-3)13(10)16/h4-7,9,11,15-16H,8H2,1-3H3/t11-/m1/s1. The summed E-state index contributed by atoms with van der Waals surface area (Å²) in [7, 11) is 1.50. The number of rotatable bonds is 5. The summed E-state index contributed by atoms with van der Waals surface area (Å²) < 4.78 is 5.01. The van der Waals surface area contributed by atoms with Gasteiger partial charge in [-0.15, -0.1) is 0 Å². The van der Waals surface area contributed by atoms with Crippen LogP contribution in [-0.2, 0) is 0 Å². The van der Waals surface area contributed by atoms with E-state index in [0.29, 0.717) is 11.3 Å². The van der Waals surface area contributed by atoms with Crippen LogP contribution in [0.5, 0.6) is 11.5 Å². The Morgan fingerprint density at radius 2 is 2.12 bits per heavy atom. The third-order valence-corrected chi connectivity index (χ3v) is 2.61. The predicted molar refractivity (Wildman–Crippen MR) is 68.0 cm³/mol. The second-order valence-corrected chi connectivity index (χ2v) is 4.17. The monoisotopic (exact) mass is 237 g/mol. The van der Waals surface area contributed by atoms with E-state index in [9.17, 15) is 5.11 Å². The molecule has 1 aromatic carbocycles. The summed E-state index contributed by atoms with van der Waals surface area (Å²) in [6, 6.07) is 5.05. The molecule has 0 saturated heterocycles. The summed E-state index contributed by atoms with van der Waals surface area (Å²) in [6.45, 7) is 3.98. The van der Waals surface area contributed by atoms with Gasteiger partial charge >= 0.3 is 0 Å². The summed E-state index contributed by atoms with van der Waals surface area (Å²) >= 11 is 0. The number of ether oxygens (including phenoxy) is 1. The molecule has 1 aromatic rings. The highest BCUT2D eigenvalue weighted by molar-refractivity contribution is 5.84. The number of phenolic OH excluding ortho intramolecular Hbond substituents is 1. The van der Waals surface area contributed by atoms with Crippen LogP contribution in [-0.4, -0.2) is 36.2 Å². The number of benzene rings is 1. The van der Waals surface area contributed by atoms with E-state index in [1.165, 1.54) is 7.11 Å². The van der Waals surface area contributed by atoms with Crippen LogP contribution in [0.3, 0.4) is 0 Å². The Morgan fingerprint density at radius 1 is 1.41 bits per heavy atom. The molecule has 0 fully saturated rings. The maximum atomic E-state index is 9.83. The summed E-state index contributed by atoms with van der Waals surface area (Å²) in [4.78, 5) is 4.26. The van der Waals surface area contributed by atoms with E-state index in [0.717, 1.165) is 0 Å². The van der Waals surface area contributed by atoms with E-state index >= 15 is 0 Å². The first-order chi connectivity index (χ1) is 8.10. The van der Waals surface area contributed by atoms with Crippen molar-refractivity contribution in [2.24, 2.45) is 10.9 Å². The fourth-order valence-corrected chi connectivity index (χ4v) is 1.41. The lowest BCUT2D eigenvalue weighted by Gasteiger charge is -2.13. The Labute approximate surface area is 102 Å². The van der Waals surface area contributed by atoms with Crippen LogP contribution in [0.2, 0.25) is 0 Å². The molecule has 1 atom stereocenters. The van der Waals surface area contributed by atoms with Gasteiger partial charge in [0.1, 0.15) is 0 Å². The van der Waals surface area contributed by atoms with Gasteiger partial charge in [0.15, 0.2) is 11.5 Å². The van der Waals surface area contributed by atoms with Crippen LogP contribution in [0.15, 0.2) is 23.2 Å². The van der Waals surface area contributed by atoms with Gasteiger partial charge < -0.3 is 14.9 Å². The van der Waals surface area contributed by atoms with Crippen molar-refractivity contribution in [1.82, 2.24) is 0 Å². The Hall–Kier alpha value is -1.55. The lowest BCUT2D eigenvalue weighted by molar-refractivity contribution is 0.240. The number of aromatic hydroxyl groups is 1. The number of nitrogens with zero attached hydrogens (tertiary/aromatic N) is 1. The molecule has 0 aliphatic heterocycles. The van der Waals surface area contributed by atoms with E-state index in [1.807, 2.05) is 13.8 Å². The summed E-state index contributed by atoms with van der Waals surface area (Å²) in [6.07, 6.45) is 1.57. The highest BCUT2D eigenvalue weighted by Gasteiger charge is 2.10. The lowest BCUT2D eigenvalue weighted by atomic mass is 10.1. The van der Waals surface area contributed by atoms with Crippen molar-refractivity contribution in [3.8, 4) is 11.5 Å². The third-order valence-electron chi connectivity index (χ3n) is 2.61. The predicted octanol–water partition coefficient (Wildman–Crippen LogP) is 1.84. The van der Waals surface area contributed by atoms with E-state index in [-0.39, 0.29) is 24.3 Å². The average Bonchev–Trinajstić information content (AvgIpc) is 2.31. The van der Waals surface area contributed by atoms with Crippen LogP contribution in [0.4, 0.5) is 0 Å². The Kier molecular flexibility index (Phi) is 4.97. The molecule has 0 saturated carbocycles. The maximum Gasteiger partial charge on any atom is 0.166 e. The highest BCUT2D eigenvalue weighted by atomic mass is 16.5. The topological polar surface area (TPSA) is 62.0 Å². The molecule has 0 amide bonds. The van der Waals surface area contributed by atoms with Gasteiger partial charge in [-0.2, -0.15) is 0 Å². The van der Waals surface area contributed by atoms with Gasteiger partial charge in [0.05, 0.1) is 19.8 Å². The largest absolute Gasteiger partial charge is 0.504 e. The molecule has 0 aliphatic rings. The van der Waals surface area contributed by atoms with E-state index < -0.39 is 0 Å². The number of aliphatic imine (C=N–C) groups is 1. The molecule has 1 rings (SSSR count). The van der Waals surface area contributed by atoms with E-state index in [2.05, 4.69) is 4.99 Å². The zero-order valence-electron chi connectivity index (χ0n) is 10.4. The van der Waals surface area contributed by atoms with Gasteiger partial charge in [-0.1, -0.05) is 19.9 Å². The summed E-state index contributed by atoms with van der Waals surface area (Å²) in [5.41, 5.74) is 0.587.